The summed E-state index contributed by atoms with van der Waals surface area (Å²) in [6, 6.07) is 18.4. The maximum Gasteiger partial charge on any atom is 0.410 e. The van der Waals surface area contributed by atoms with Crippen molar-refractivity contribution in [2.24, 2.45) is 11.3 Å². The zero-order valence-electron chi connectivity index (χ0n) is 20.9. The van der Waals surface area contributed by atoms with Crippen molar-refractivity contribution in [3.05, 3.63) is 60.4 Å². The van der Waals surface area contributed by atoms with Gasteiger partial charge in [-0.3, -0.25) is 0 Å². The molecule has 1 aliphatic carbocycles. The van der Waals surface area contributed by atoms with Crippen molar-refractivity contribution in [2.75, 3.05) is 31.1 Å². The van der Waals surface area contributed by atoms with Gasteiger partial charge in [0.25, 0.3) is 0 Å². The minimum absolute atomic E-state index is 0.0582. The topological polar surface area (TPSA) is 74.4 Å². The number of hydrogen-bond donors (Lipinski definition) is 0. The number of nitriles is 1. The van der Waals surface area contributed by atoms with Crippen molar-refractivity contribution < 1.29 is 9.53 Å². The molecule has 0 radical (unpaired) electrons. The fourth-order valence-corrected chi connectivity index (χ4v) is 6.67. The first-order valence-corrected chi connectivity index (χ1v) is 13.1. The van der Waals surface area contributed by atoms with Crippen LogP contribution in [-0.4, -0.2) is 52.3 Å². The Morgan fingerprint density at radius 2 is 2.03 bits per heavy atom. The van der Waals surface area contributed by atoms with E-state index in [1.54, 1.807) is 0 Å². The van der Waals surface area contributed by atoms with E-state index < -0.39 is 0 Å². The van der Waals surface area contributed by atoms with Crippen molar-refractivity contribution in [3.63, 3.8) is 0 Å². The van der Waals surface area contributed by atoms with Crippen LogP contribution in [0.25, 0.3) is 11.0 Å². The van der Waals surface area contributed by atoms with Gasteiger partial charge in [-0.2, -0.15) is 5.26 Å². The molecule has 1 aromatic heterocycles. The van der Waals surface area contributed by atoms with Gasteiger partial charge >= 0.3 is 6.09 Å². The molecule has 1 spiro atoms. The lowest BCUT2D eigenvalue weighted by molar-refractivity contribution is 0.00412. The monoisotopic (exact) mass is 483 g/mol. The van der Waals surface area contributed by atoms with E-state index in [0.717, 1.165) is 69.3 Å². The molecule has 3 atom stereocenters. The van der Waals surface area contributed by atoms with E-state index in [2.05, 4.69) is 57.8 Å². The Bertz CT molecular complexity index is 1310. The van der Waals surface area contributed by atoms with Gasteiger partial charge in [0.05, 0.1) is 35.5 Å². The number of ether oxygens (including phenoxy) is 1. The average Bonchev–Trinajstić information content (AvgIpc) is 3.55. The van der Waals surface area contributed by atoms with E-state index in [-0.39, 0.29) is 17.1 Å². The number of rotatable bonds is 5. The number of benzene rings is 2. The van der Waals surface area contributed by atoms with Gasteiger partial charge in [-0.05, 0) is 68.4 Å². The highest BCUT2D eigenvalue weighted by molar-refractivity contribution is 5.77. The number of fused-ring (bicyclic) bond motifs is 1. The Balaban J connectivity index is 1.12. The van der Waals surface area contributed by atoms with Crippen LogP contribution in [-0.2, 0) is 11.3 Å². The van der Waals surface area contributed by atoms with E-state index in [1.807, 2.05) is 29.4 Å². The zero-order chi connectivity index (χ0) is 24.8. The molecule has 1 saturated carbocycles. The second-order valence-electron chi connectivity index (χ2n) is 11.4. The number of nitrogens with zero attached hydrogens (tertiary/aromatic N) is 5. The van der Waals surface area contributed by atoms with Crippen LogP contribution in [0.2, 0.25) is 0 Å². The molecule has 2 aliphatic heterocycles. The van der Waals surface area contributed by atoms with Crippen LogP contribution in [0.5, 0.6) is 0 Å². The molecule has 3 heterocycles. The number of anilines is 1. The molecule has 1 amide bonds. The number of carbonyl (C=O) groups excluding carboxylic acids is 1. The first kappa shape index (κ1) is 22.9. The second-order valence-corrected chi connectivity index (χ2v) is 11.4. The summed E-state index contributed by atoms with van der Waals surface area (Å²) >= 11 is 0. The van der Waals surface area contributed by atoms with E-state index >= 15 is 0 Å². The molecule has 3 aliphatic rings. The summed E-state index contributed by atoms with van der Waals surface area (Å²) in [6.07, 6.45) is 6.77. The summed E-state index contributed by atoms with van der Waals surface area (Å²) in [7, 11) is 0. The smallest absolute Gasteiger partial charge is 0.410 e. The molecule has 3 aromatic rings. The van der Waals surface area contributed by atoms with Gasteiger partial charge in [-0.15, -0.1) is 0 Å². The Kier molecular flexibility index (Phi) is 5.63. The van der Waals surface area contributed by atoms with Gasteiger partial charge in [0, 0.05) is 37.3 Å². The molecule has 0 bridgehead atoms. The van der Waals surface area contributed by atoms with Gasteiger partial charge in [0.15, 0.2) is 0 Å². The number of amides is 1. The van der Waals surface area contributed by atoms with Crippen molar-refractivity contribution >= 4 is 22.8 Å². The van der Waals surface area contributed by atoms with Crippen LogP contribution in [0.4, 0.5) is 10.5 Å². The standard InChI is InChI=1S/C29H33N5O2/c1-28(12-13-32(18-28)24-7-3-2-4-8-24)19-34-20-29(36-27(34)35)11-5-6-23(15-29)17-33-21-31-25-10-9-22(16-30)14-26(25)33/h2-4,7-10,14,21,23H,5-6,11-13,15,17-20H2,1H3. The molecule has 3 unspecified atom stereocenters. The lowest BCUT2D eigenvalue weighted by Crippen LogP contribution is -2.43. The summed E-state index contributed by atoms with van der Waals surface area (Å²) in [4.78, 5) is 22.0. The van der Waals surface area contributed by atoms with Crippen LogP contribution in [0.3, 0.4) is 0 Å². The molecule has 0 N–H and O–H groups in total. The highest BCUT2D eigenvalue weighted by atomic mass is 16.6. The highest BCUT2D eigenvalue weighted by Gasteiger charge is 2.50. The molecule has 186 valence electrons. The number of hydrogen-bond acceptors (Lipinski definition) is 5. The molecule has 36 heavy (non-hydrogen) atoms. The normalized spacial score (nSPS) is 28.1. The number of carbonyl (C=O) groups is 1. The highest BCUT2D eigenvalue weighted by Crippen LogP contribution is 2.42. The maximum absolute atomic E-state index is 13.0. The maximum atomic E-state index is 13.0. The third kappa shape index (κ3) is 4.30. The third-order valence-electron chi connectivity index (χ3n) is 8.40. The predicted octanol–water partition coefficient (Wildman–Crippen LogP) is 5.21. The molecular weight excluding hydrogens is 450 g/mol. The first-order valence-electron chi connectivity index (χ1n) is 13.1. The fourth-order valence-electron chi connectivity index (χ4n) is 6.67. The zero-order valence-corrected chi connectivity index (χ0v) is 20.9. The Morgan fingerprint density at radius 1 is 1.17 bits per heavy atom. The molecule has 6 rings (SSSR count). The van der Waals surface area contributed by atoms with Crippen molar-refractivity contribution in [3.8, 4) is 6.07 Å². The number of imidazole rings is 1. The van der Waals surface area contributed by atoms with Crippen LogP contribution in [0.15, 0.2) is 54.9 Å². The van der Waals surface area contributed by atoms with Crippen molar-refractivity contribution in [1.29, 1.82) is 5.26 Å². The largest absolute Gasteiger partial charge is 0.441 e. The fraction of sp³-hybridized carbons (Fsp3) is 0.483. The van der Waals surface area contributed by atoms with Gasteiger partial charge in [-0.25, -0.2) is 9.78 Å². The predicted molar refractivity (Wildman–Crippen MR) is 139 cm³/mol. The quantitative estimate of drug-likeness (QED) is 0.498. The van der Waals surface area contributed by atoms with E-state index in [1.165, 1.54) is 5.69 Å². The summed E-state index contributed by atoms with van der Waals surface area (Å²) in [5.74, 6) is 0.408. The van der Waals surface area contributed by atoms with Crippen LogP contribution in [0.1, 0.15) is 44.6 Å². The molecule has 2 saturated heterocycles. The van der Waals surface area contributed by atoms with Gasteiger partial charge < -0.3 is 19.1 Å². The van der Waals surface area contributed by atoms with E-state index in [4.69, 9.17) is 4.74 Å². The van der Waals surface area contributed by atoms with Crippen LogP contribution >= 0.6 is 0 Å². The molecular formula is C29H33N5O2. The number of aromatic nitrogens is 2. The molecule has 2 aromatic carbocycles. The summed E-state index contributed by atoms with van der Waals surface area (Å²) in [6.45, 7) is 6.53. The third-order valence-corrected chi connectivity index (χ3v) is 8.40. The van der Waals surface area contributed by atoms with Gasteiger partial charge in [-0.1, -0.05) is 25.1 Å². The average molecular weight is 484 g/mol. The number of para-hydroxylation sites is 1. The first-order chi connectivity index (χ1) is 17.4. The van der Waals surface area contributed by atoms with Gasteiger partial charge in [0.1, 0.15) is 5.60 Å². The lowest BCUT2D eigenvalue weighted by atomic mass is 9.77. The van der Waals surface area contributed by atoms with E-state index in [9.17, 15) is 10.1 Å². The lowest BCUT2D eigenvalue weighted by Gasteiger charge is -2.36. The SMILES string of the molecule is CC1(CN2CC3(CCCC(Cn4cnc5ccc(C#N)cc54)C3)OC2=O)CCN(c2ccccc2)C1. The van der Waals surface area contributed by atoms with E-state index in [0.29, 0.717) is 18.0 Å². The summed E-state index contributed by atoms with van der Waals surface area (Å²) in [5.41, 5.74) is 3.48. The van der Waals surface area contributed by atoms with Crippen LogP contribution < -0.4 is 4.90 Å². The van der Waals surface area contributed by atoms with Crippen molar-refractivity contribution in [2.45, 2.75) is 51.2 Å². The minimum Gasteiger partial charge on any atom is -0.441 e. The Morgan fingerprint density at radius 3 is 2.86 bits per heavy atom. The minimum atomic E-state index is -0.387. The molecule has 7 heteroatoms. The van der Waals surface area contributed by atoms with Crippen molar-refractivity contribution in [1.82, 2.24) is 14.5 Å². The molecule has 3 fully saturated rings. The molecule has 7 nitrogen and oxygen atoms in total. The summed E-state index contributed by atoms with van der Waals surface area (Å²) < 4.78 is 8.31. The van der Waals surface area contributed by atoms with Crippen LogP contribution in [0, 0.1) is 22.7 Å². The summed E-state index contributed by atoms with van der Waals surface area (Å²) in [5, 5.41) is 9.29. The van der Waals surface area contributed by atoms with Gasteiger partial charge in [0.2, 0.25) is 0 Å². The Labute approximate surface area is 212 Å². The second kappa shape index (κ2) is 8.85. The Hall–Kier alpha value is -3.53.